The molecule has 0 spiro atoms. The lowest BCUT2D eigenvalue weighted by molar-refractivity contribution is 1.18. The van der Waals surface area contributed by atoms with Crippen molar-refractivity contribution in [3.8, 4) is 51.2 Å². The maximum Gasteiger partial charge on any atom is 0.198 e. The van der Waals surface area contributed by atoms with Crippen molar-refractivity contribution >= 4 is 49.0 Å². The zero-order valence-corrected chi connectivity index (χ0v) is 27.3. The average molecular weight is 647 g/mol. The van der Waals surface area contributed by atoms with E-state index in [4.69, 9.17) is 6.57 Å². The predicted molar refractivity (Wildman–Crippen MR) is 208 cm³/mol. The quantitative estimate of drug-likeness (QED) is 0.141. The first-order valence-corrected chi connectivity index (χ1v) is 16.7. The van der Waals surface area contributed by atoms with Gasteiger partial charge in [0.15, 0.2) is 5.69 Å². The maximum absolute atomic E-state index is 10.1. The van der Waals surface area contributed by atoms with E-state index in [-0.39, 0.29) is 0 Å². The molecule has 1 aromatic heterocycles. The Morgan fingerprint density at radius 1 is 0.431 bits per heavy atom. The van der Waals surface area contributed by atoms with E-state index in [0.717, 1.165) is 49.7 Å². The zero-order chi connectivity index (χ0) is 34.5. The predicted octanol–water partition coefficient (Wildman–Crippen LogP) is 12.4. The first-order chi connectivity index (χ1) is 25.2. The van der Waals surface area contributed by atoms with E-state index in [1.165, 1.54) is 32.7 Å². The van der Waals surface area contributed by atoms with Gasteiger partial charge in [0, 0.05) is 27.6 Å². The second-order valence-electron chi connectivity index (χ2n) is 12.6. The minimum atomic E-state index is 0.402. The Hall–Kier alpha value is -7.45. The number of nitriles is 2. The van der Waals surface area contributed by atoms with Crippen LogP contribution in [0.1, 0.15) is 11.1 Å². The molecule has 9 aromatic rings. The van der Waals surface area contributed by atoms with Crippen molar-refractivity contribution in [2.24, 2.45) is 0 Å². The fraction of sp³-hybridized carbons (Fsp3) is 0. The van der Waals surface area contributed by atoms with Gasteiger partial charge < -0.3 is 4.57 Å². The molecule has 9 rings (SSSR count). The molecule has 0 fully saturated rings. The molecule has 0 radical (unpaired) electrons. The molecule has 0 aliphatic carbocycles. The van der Waals surface area contributed by atoms with Crippen LogP contribution in [0.3, 0.4) is 0 Å². The lowest BCUT2D eigenvalue weighted by atomic mass is 9.85. The lowest BCUT2D eigenvalue weighted by Crippen LogP contribution is -1.99. The summed E-state index contributed by atoms with van der Waals surface area (Å²) in [6, 6.07) is 58.1. The highest BCUT2D eigenvalue weighted by molar-refractivity contribution is 6.21. The zero-order valence-electron chi connectivity index (χ0n) is 27.3. The molecule has 0 aliphatic rings. The van der Waals surface area contributed by atoms with Crippen LogP contribution in [0.2, 0.25) is 0 Å². The van der Waals surface area contributed by atoms with Crippen LogP contribution in [0.25, 0.3) is 87.3 Å². The summed E-state index contributed by atoms with van der Waals surface area (Å²) in [5, 5.41) is 26.4. The number of hydrogen-bond donors (Lipinski definition) is 0. The molecule has 234 valence electrons. The Balaban J connectivity index is 1.29. The van der Waals surface area contributed by atoms with Crippen LogP contribution in [-0.4, -0.2) is 4.57 Å². The number of aromatic nitrogens is 1. The van der Waals surface area contributed by atoms with Crippen molar-refractivity contribution in [2.75, 3.05) is 0 Å². The van der Waals surface area contributed by atoms with Crippen LogP contribution in [0.4, 0.5) is 5.69 Å². The molecule has 1 heterocycles. The SMILES string of the molecule is [C-]#[N+]c1cc(C#N)cc(-n2c3ccccc3c3cc(C#N)ccc32)c1-c1ccc(-c2c3ccccc3c(-c3ccccc3)c3ccccc23)cc1. The first-order valence-electron chi connectivity index (χ1n) is 16.7. The van der Waals surface area contributed by atoms with Crippen LogP contribution < -0.4 is 0 Å². The second kappa shape index (κ2) is 11.9. The van der Waals surface area contributed by atoms with E-state index in [1.54, 1.807) is 6.07 Å². The second-order valence-corrected chi connectivity index (χ2v) is 12.6. The van der Waals surface area contributed by atoms with Gasteiger partial charge >= 0.3 is 0 Å². The van der Waals surface area contributed by atoms with E-state index in [9.17, 15) is 10.5 Å². The van der Waals surface area contributed by atoms with Crippen molar-refractivity contribution in [1.82, 2.24) is 4.57 Å². The summed E-state index contributed by atoms with van der Waals surface area (Å²) in [5.74, 6) is 0. The Morgan fingerprint density at radius 2 is 0.922 bits per heavy atom. The molecule has 0 atom stereocenters. The summed E-state index contributed by atoms with van der Waals surface area (Å²) in [6.07, 6.45) is 0. The number of benzene rings is 8. The standard InChI is InChI=1S/C47H26N4/c1-50-41-26-31(29-49)27-44(51-42-18-10-9-13-35(42)40-25-30(28-48)19-24-43(40)51)47(41)34-22-20-33(21-23-34)46-38-16-7-5-14-36(38)45(32-11-3-2-4-12-32)37-15-6-8-17-39(37)46/h2-27H. The van der Waals surface area contributed by atoms with Crippen LogP contribution in [0.15, 0.2) is 158 Å². The molecule has 0 aliphatic heterocycles. The van der Waals surface area contributed by atoms with Crippen LogP contribution >= 0.6 is 0 Å². The van der Waals surface area contributed by atoms with Crippen LogP contribution in [0, 0.1) is 29.2 Å². The molecule has 0 saturated heterocycles. The molecule has 51 heavy (non-hydrogen) atoms. The van der Waals surface area contributed by atoms with E-state index in [0.29, 0.717) is 16.8 Å². The van der Waals surface area contributed by atoms with Gasteiger partial charge in [0.05, 0.1) is 35.3 Å². The summed E-state index contributed by atoms with van der Waals surface area (Å²) in [5.41, 5.74) is 10.2. The van der Waals surface area contributed by atoms with Crippen molar-refractivity contribution in [3.05, 3.63) is 180 Å². The highest BCUT2D eigenvalue weighted by Crippen LogP contribution is 2.45. The number of rotatable bonds is 4. The molecule has 0 amide bonds. The first kappa shape index (κ1) is 29.7. The molecule has 4 heteroatoms. The topological polar surface area (TPSA) is 56.9 Å². The number of hydrogen-bond acceptors (Lipinski definition) is 2. The molecule has 0 unspecified atom stereocenters. The lowest BCUT2D eigenvalue weighted by Gasteiger charge is -2.19. The summed E-state index contributed by atoms with van der Waals surface area (Å²) in [7, 11) is 0. The summed E-state index contributed by atoms with van der Waals surface area (Å²) < 4.78 is 2.12. The van der Waals surface area contributed by atoms with Gasteiger partial charge in [0.1, 0.15) is 0 Å². The molecule has 4 nitrogen and oxygen atoms in total. The van der Waals surface area contributed by atoms with Gasteiger partial charge in [-0.25, -0.2) is 4.85 Å². The van der Waals surface area contributed by atoms with E-state index >= 15 is 0 Å². The van der Waals surface area contributed by atoms with Crippen molar-refractivity contribution in [2.45, 2.75) is 0 Å². The Bertz CT molecular complexity index is 2930. The summed E-state index contributed by atoms with van der Waals surface area (Å²) in [6.45, 7) is 8.23. The summed E-state index contributed by atoms with van der Waals surface area (Å²) >= 11 is 0. The number of nitrogens with zero attached hydrogens (tertiary/aromatic N) is 4. The number of fused-ring (bicyclic) bond motifs is 5. The van der Waals surface area contributed by atoms with E-state index in [1.807, 2.05) is 54.6 Å². The monoisotopic (exact) mass is 646 g/mol. The minimum absolute atomic E-state index is 0.402. The van der Waals surface area contributed by atoms with Gasteiger partial charge in [0.25, 0.3) is 0 Å². The molecule has 0 bridgehead atoms. The normalized spacial score (nSPS) is 11.1. The third kappa shape index (κ3) is 4.66. The van der Waals surface area contributed by atoms with Crippen LogP contribution in [0.5, 0.6) is 0 Å². The highest BCUT2D eigenvalue weighted by Gasteiger charge is 2.21. The third-order valence-electron chi connectivity index (χ3n) is 9.85. The van der Waals surface area contributed by atoms with E-state index in [2.05, 4.69) is 119 Å². The minimum Gasteiger partial charge on any atom is -0.310 e. The maximum atomic E-state index is 10.1. The van der Waals surface area contributed by atoms with E-state index < -0.39 is 0 Å². The Labute approximate surface area is 294 Å². The fourth-order valence-electron chi connectivity index (χ4n) is 7.70. The molecule has 0 N–H and O–H groups in total. The van der Waals surface area contributed by atoms with Gasteiger partial charge in [-0.1, -0.05) is 121 Å². The number of para-hydroxylation sites is 1. The van der Waals surface area contributed by atoms with Crippen LogP contribution in [-0.2, 0) is 0 Å². The molecular formula is C47H26N4. The molecule has 0 saturated carbocycles. The fourth-order valence-corrected chi connectivity index (χ4v) is 7.70. The third-order valence-corrected chi connectivity index (χ3v) is 9.85. The summed E-state index contributed by atoms with van der Waals surface area (Å²) in [4.78, 5) is 3.96. The van der Waals surface area contributed by atoms with Gasteiger partial charge in [-0.15, -0.1) is 0 Å². The smallest absolute Gasteiger partial charge is 0.198 e. The van der Waals surface area contributed by atoms with Gasteiger partial charge in [-0.3, -0.25) is 0 Å². The largest absolute Gasteiger partial charge is 0.310 e. The van der Waals surface area contributed by atoms with Gasteiger partial charge in [0.2, 0.25) is 0 Å². The van der Waals surface area contributed by atoms with Crippen molar-refractivity contribution in [3.63, 3.8) is 0 Å². The average Bonchev–Trinajstić information content (AvgIpc) is 3.53. The van der Waals surface area contributed by atoms with Gasteiger partial charge in [-0.05, 0) is 85.8 Å². The van der Waals surface area contributed by atoms with Crippen molar-refractivity contribution in [1.29, 1.82) is 10.5 Å². The molecule has 8 aromatic carbocycles. The highest BCUT2D eigenvalue weighted by atomic mass is 15.0. The Kier molecular flexibility index (Phi) is 6.93. The molecular weight excluding hydrogens is 621 g/mol. The Morgan fingerprint density at radius 3 is 1.49 bits per heavy atom. The van der Waals surface area contributed by atoms with Gasteiger partial charge in [-0.2, -0.15) is 10.5 Å². The van der Waals surface area contributed by atoms with Crippen molar-refractivity contribution < 1.29 is 0 Å².